The first kappa shape index (κ1) is 18.4. The summed E-state index contributed by atoms with van der Waals surface area (Å²) in [7, 11) is 0. The molecule has 0 aliphatic carbocycles. The van der Waals surface area contributed by atoms with Gasteiger partial charge in [0.2, 0.25) is 16.9 Å². The van der Waals surface area contributed by atoms with Crippen molar-refractivity contribution >= 4 is 45.6 Å². The van der Waals surface area contributed by atoms with Gasteiger partial charge in [0.15, 0.2) is 0 Å². The number of anilines is 2. The summed E-state index contributed by atoms with van der Waals surface area (Å²) in [5, 5.41) is 15.3. The molecule has 0 saturated carbocycles. The van der Waals surface area contributed by atoms with E-state index < -0.39 is 0 Å². The Hall–Kier alpha value is -1.99. The summed E-state index contributed by atoms with van der Waals surface area (Å²) < 4.78 is 0. The summed E-state index contributed by atoms with van der Waals surface area (Å²) in [6, 6.07) is 6.78. The lowest BCUT2D eigenvalue weighted by Gasteiger charge is -2.12. The molecule has 1 aromatic carbocycles. The quantitative estimate of drug-likeness (QED) is 0.841. The minimum absolute atomic E-state index is 0.0733. The van der Waals surface area contributed by atoms with Crippen LogP contribution in [-0.2, 0) is 15.0 Å². The highest BCUT2D eigenvalue weighted by molar-refractivity contribution is 7.15. The lowest BCUT2D eigenvalue weighted by atomic mass is 9.98. The molecule has 2 aromatic rings. The van der Waals surface area contributed by atoms with Crippen molar-refractivity contribution in [1.82, 2.24) is 10.2 Å². The van der Waals surface area contributed by atoms with Crippen LogP contribution in [-0.4, -0.2) is 22.0 Å². The van der Waals surface area contributed by atoms with Gasteiger partial charge in [0.1, 0.15) is 5.01 Å². The van der Waals surface area contributed by atoms with Crippen LogP contribution in [0.5, 0.6) is 0 Å². The maximum Gasteiger partial charge on any atom is 0.226 e. The van der Waals surface area contributed by atoms with Crippen molar-refractivity contribution in [2.24, 2.45) is 0 Å². The Labute approximate surface area is 149 Å². The zero-order valence-electron chi connectivity index (χ0n) is 13.7. The summed E-state index contributed by atoms with van der Waals surface area (Å²) in [5.41, 5.74) is 0.530. The number of benzene rings is 1. The van der Waals surface area contributed by atoms with E-state index in [1.807, 2.05) is 20.8 Å². The van der Waals surface area contributed by atoms with E-state index >= 15 is 0 Å². The zero-order chi connectivity index (χ0) is 17.7. The summed E-state index contributed by atoms with van der Waals surface area (Å²) in [6.07, 6.45) is 0.156. The van der Waals surface area contributed by atoms with Gasteiger partial charge in [-0.15, -0.1) is 10.2 Å². The van der Waals surface area contributed by atoms with Crippen molar-refractivity contribution in [3.63, 3.8) is 0 Å². The minimum Gasteiger partial charge on any atom is -0.326 e. The number of hydrogen-bond acceptors (Lipinski definition) is 5. The first-order valence-electron chi connectivity index (χ1n) is 7.43. The second kappa shape index (κ2) is 7.72. The normalized spacial score (nSPS) is 11.2. The maximum absolute atomic E-state index is 11.9. The fraction of sp³-hybridized carbons (Fsp3) is 0.375. The smallest absolute Gasteiger partial charge is 0.226 e. The average molecular weight is 367 g/mol. The summed E-state index contributed by atoms with van der Waals surface area (Å²) in [5.74, 6) is -0.502. The number of rotatable bonds is 5. The van der Waals surface area contributed by atoms with Crippen LogP contribution in [0.15, 0.2) is 24.3 Å². The molecule has 0 spiro atoms. The molecule has 0 radical (unpaired) electrons. The summed E-state index contributed by atoms with van der Waals surface area (Å²) in [6.45, 7) is 6.08. The zero-order valence-corrected chi connectivity index (χ0v) is 15.3. The number of nitrogens with one attached hydrogen (secondary N) is 2. The number of hydrogen-bond donors (Lipinski definition) is 2. The van der Waals surface area contributed by atoms with Gasteiger partial charge in [-0.25, -0.2) is 0 Å². The highest BCUT2D eigenvalue weighted by atomic mass is 35.5. The monoisotopic (exact) mass is 366 g/mol. The van der Waals surface area contributed by atoms with Crippen LogP contribution in [0.4, 0.5) is 10.8 Å². The molecule has 24 heavy (non-hydrogen) atoms. The standard InChI is InChI=1S/C16H19ClN4O2S/c1-16(2,3)14-20-21-15(24-14)19-13(23)9-8-12(22)18-11-6-4-10(17)5-7-11/h4-7H,8-9H2,1-3H3,(H,18,22)(H,19,21,23). The van der Waals surface area contributed by atoms with E-state index in [2.05, 4.69) is 20.8 Å². The third kappa shape index (κ3) is 5.58. The SMILES string of the molecule is CC(C)(C)c1nnc(NC(=O)CCC(=O)Nc2ccc(Cl)cc2)s1. The molecule has 1 aromatic heterocycles. The van der Waals surface area contributed by atoms with Gasteiger partial charge in [-0.05, 0) is 24.3 Å². The molecule has 0 unspecified atom stereocenters. The Balaban J connectivity index is 1.79. The lowest BCUT2D eigenvalue weighted by Crippen LogP contribution is -2.17. The molecule has 2 amide bonds. The largest absolute Gasteiger partial charge is 0.326 e. The Morgan fingerprint density at radius 2 is 1.62 bits per heavy atom. The number of carbonyl (C=O) groups is 2. The van der Waals surface area contributed by atoms with Gasteiger partial charge >= 0.3 is 0 Å². The van der Waals surface area contributed by atoms with Crippen molar-refractivity contribution in [1.29, 1.82) is 0 Å². The molecule has 2 N–H and O–H groups in total. The second-order valence-electron chi connectivity index (χ2n) is 6.27. The first-order valence-corrected chi connectivity index (χ1v) is 8.63. The third-order valence-corrected chi connectivity index (χ3v) is 4.54. The van der Waals surface area contributed by atoms with Crippen molar-refractivity contribution in [2.45, 2.75) is 39.0 Å². The van der Waals surface area contributed by atoms with Gasteiger partial charge in [-0.1, -0.05) is 43.7 Å². The lowest BCUT2D eigenvalue weighted by molar-refractivity contribution is -0.121. The maximum atomic E-state index is 11.9. The van der Waals surface area contributed by atoms with E-state index in [1.54, 1.807) is 24.3 Å². The van der Waals surface area contributed by atoms with Crippen LogP contribution in [0.3, 0.4) is 0 Å². The van der Waals surface area contributed by atoms with Gasteiger partial charge < -0.3 is 10.6 Å². The van der Waals surface area contributed by atoms with Crippen molar-refractivity contribution < 1.29 is 9.59 Å². The highest BCUT2D eigenvalue weighted by Crippen LogP contribution is 2.27. The number of nitrogens with zero attached hydrogens (tertiary/aromatic N) is 2. The van der Waals surface area contributed by atoms with E-state index in [0.29, 0.717) is 15.8 Å². The van der Waals surface area contributed by atoms with Gasteiger partial charge in [0.05, 0.1) is 0 Å². The highest BCUT2D eigenvalue weighted by Gasteiger charge is 2.20. The number of carbonyl (C=O) groups excluding carboxylic acids is 2. The topological polar surface area (TPSA) is 84.0 Å². The minimum atomic E-state index is -0.266. The Kier molecular flexibility index (Phi) is 5.90. The predicted octanol–water partition coefficient (Wildman–Crippen LogP) is 3.85. The van der Waals surface area contributed by atoms with Crippen LogP contribution >= 0.6 is 22.9 Å². The molecule has 0 bridgehead atoms. The molecular formula is C16H19ClN4O2S. The molecule has 128 valence electrons. The van der Waals surface area contributed by atoms with E-state index in [0.717, 1.165) is 5.01 Å². The van der Waals surface area contributed by atoms with Gasteiger partial charge in [-0.2, -0.15) is 0 Å². The van der Waals surface area contributed by atoms with Crippen LogP contribution in [0.1, 0.15) is 38.6 Å². The summed E-state index contributed by atoms with van der Waals surface area (Å²) >= 11 is 7.12. The van der Waals surface area contributed by atoms with Gasteiger partial charge in [0, 0.05) is 29.0 Å². The summed E-state index contributed by atoms with van der Waals surface area (Å²) in [4.78, 5) is 23.7. The second-order valence-corrected chi connectivity index (χ2v) is 7.68. The van der Waals surface area contributed by atoms with Crippen LogP contribution in [0.25, 0.3) is 0 Å². The van der Waals surface area contributed by atoms with E-state index in [-0.39, 0.29) is 30.1 Å². The Morgan fingerprint density at radius 1 is 1.04 bits per heavy atom. The molecule has 0 atom stereocenters. The number of amides is 2. The van der Waals surface area contributed by atoms with Crippen molar-refractivity contribution in [2.75, 3.05) is 10.6 Å². The molecule has 0 fully saturated rings. The first-order chi connectivity index (χ1) is 11.2. The molecule has 0 aliphatic heterocycles. The Bertz CT molecular complexity index is 722. The molecule has 0 aliphatic rings. The van der Waals surface area contributed by atoms with E-state index in [4.69, 9.17) is 11.6 Å². The molecule has 0 saturated heterocycles. The number of aromatic nitrogens is 2. The van der Waals surface area contributed by atoms with Crippen LogP contribution in [0.2, 0.25) is 5.02 Å². The van der Waals surface area contributed by atoms with Crippen molar-refractivity contribution in [3.05, 3.63) is 34.3 Å². The molecular weight excluding hydrogens is 348 g/mol. The van der Waals surface area contributed by atoms with Gasteiger partial charge in [-0.3, -0.25) is 9.59 Å². The van der Waals surface area contributed by atoms with Crippen LogP contribution in [0, 0.1) is 0 Å². The third-order valence-electron chi connectivity index (χ3n) is 3.02. The molecule has 8 heteroatoms. The van der Waals surface area contributed by atoms with Crippen molar-refractivity contribution in [3.8, 4) is 0 Å². The average Bonchev–Trinajstić information content (AvgIpc) is 2.96. The molecule has 2 rings (SSSR count). The van der Waals surface area contributed by atoms with E-state index in [1.165, 1.54) is 11.3 Å². The Morgan fingerprint density at radius 3 is 2.17 bits per heavy atom. The van der Waals surface area contributed by atoms with E-state index in [9.17, 15) is 9.59 Å². The van der Waals surface area contributed by atoms with Gasteiger partial charge in [0.25, 0.3) is 0 Å². The fourth-order valence-corrected chi connectivity index (χ4v) is 2.69. The molecule has 1 heterocycles. The van der Waals surface area contributed by atoms with Crippen LogP contribution < -0.4 is 10.6 Å². The fourth-order valence-electron chi connectivity index (χ4n) is 1.74. The number of halogens is 1. The predicted molar refractivity (Wildman–Crippen MR) is 96.6 cm³/mol. The molecule has 6 nitrogen and oxygen atoms in total.